The quantitative estimate of drug-likeness (QED) is 0.572. The van der Waals surface area contributed by atoms with Gasteiger partial charge in [-0.1, -0.05) is 24.0 Å². The average Bonchev–Trinajstić information content (AvgIpc) is 3.23. The smallest absolute Gasteiger partial charge is 0.342 e. The molecule has 2 aromatic heterocycles. The average molecular weight is 472 g/mol. The van der Waals surface area contributed by atoms with E-state index in [0.29, 0.717) is 24.8 Å². The van der Waals surface area contributed by atoms with Gasteiger partial charge >= 0.3 is 6.03 Å². The summed E-state index contributed by atoms with van der Waals surface area (Å²) in [5.74, 6) is 5.54. The molecular weight excluding hydrogens is 442 g/mol. The van der Waals surface area contributed by atoms with E-state index in [1.165, 1.54) is 4.68 Å². The molecule has 0 unspecified atom stereocenters. The van der Waals surface area contributed by atoms with Crippen molar-refractivity contribution >= 4 is 17.6 Å². The van der Waals surface area contributed by atoms with Gasteiger partial charge in [0, 0.05) is 42.3 Å². The maximum absolute atomic E-state index is 13.2. The molecule has 1 aromatic carbocycles. The fourth-order valence-corrected chi connectivity index (χ4v) is 3.98. The van der Waals surface area contributed by atoms with Gasteiger partial charge in [0.05, 0.1) is 6.20 Å². The Morgan fingerprint density at radius 1 is 1.29 bits per heavy atom. The second kappa shape index (κ2) is 9.72. The molecule has 0 aliphatic carbocycles. The summed E-state index contributed by atoms with van der Waals surface area (Å²) in [4.78, 5) is 32.1. The van der Waals surface area contributed by atoms with Crippen molar-refractivity contribution in [3.63, 3.8) is 0 Å². The number of carbonyl (C=O) groups excluding carboxylic acids is 2. The molecule has 2 amide bonds. The summed E-state index contributed by atoms with van der Waals surface area (Å²) < 4.78 is 1.22. The van der Waals surface area contributed by atoms with Crippen molar-refractivity contribution in [3.05, 3.63) is 76.9 Å². The number of fused-ring (bicyclic) bond motifs is 1. The van der Waals surface area contributed by atoms with E-state index in [1.807, 2.05) is 43.3 Å². The third-order valence-corrected chi connectivity index (χ3v) is 5.76. The Kier molecular flexibility index (Phi) is 6.72. The van der Waals surface area contributed by atoms with Crippen LogP contribution in [0.2, 0.25) is 0 Å². The molecule has 1 aliphatic rings. The Bertz CT molecular complexity index is 1330. The van der Waals surface area contributed by atoms with Gasteiger partial charge < -0.3 is 15.3 Å². The molecule has 0 saturated heterocycles. The van der Waals surface area contributed by atoms with Crippen molar-refractivity contribution in [2.24, 2.45) is 0 Å². The number of nitrogens with one attached hydrogen (secondary N) is 1. The molecule has 35 heavy (non-hydrogen) atoms. The Labute approximate surface area is 205 Å². The topological polar surface area (TPSA) is 100 Å². The van der Waals surface area contributed by atoms with Crippen molar-refractivity contribution in [1.82, 2.24) is 20.1 Å². The summed E-state index contributed by atoms with van der Waals surface area (Å²) in [6, 6.07) is 10.3. The Hall–Kier alpha value is -3.96. The molecule has 8 heteroatoms. The highest BCUT2D eigenvalue weighted by Gasteiger charge is 2.30. The lowest BCUT2D eigenvalue weighted by Crippen LogP contribution is -2.48. The van der Waals surface area contributed by atoms with Crippen molar-refractivity contribution in [3.8, 4) is 11.8 Å². The summed E-state index contributed by atoms with van der Waals surface area (Å²) in [5, 5.41) is 16.9. The first kappa shape index (κ1) is 24.2. The molecule has 180 valence electrons. The third-order valence-electron chi connectivity index (χ3n) is 5.76. The van der Waals surface area contributed by atoms with E-state index in [1.54, 1.807) is 38.2 Å². The van der Waals surface area contributed by atoms with Crippen LogP contribution in [0.25, 0.3) is 0 Å². The Morgan fingerprint density at radius 3 is 2.83 bits per heavy atom. The zero-order valence-electron chi connectivity index (χ0n) is 20.4. The number of aliphatic hydroxyl groups is 1. The van der Waals surface area contributed by atoms with Gasteiger partial charge in [-0.2, -0.15) is 9.78 Å². The molecule has 0 radical (unpaired) electrons. The number of benzene rings is 1. The maximum atomic E-state index is 13.2. The van der Waals surface area contributed by atoms with Gasteiger partial charge in [-0.3, -0.25) is 9.78 Å². The number of anilines is 1. The normalized spacial score (nSPS) is 15.6. The van der Waals surface area contributed by atoms with Crippen LogP contribution < -0.4 is 10.2 Å². The van der Waals surface area contributed by atoms with Crippen molar-refractivity contribution in [1.29, 1.82) is 0 Å². The first-order chi connectivity index (χ1) is 16.6. The molecule has 3 heterocycles. The number of amides is 2. The molecule has 4 rings (SSSR count). The maximum Gasteiger partial charge on any atom is 0.342 e. The highest BCUT2D eigenvalue weighted by Crippen LogP contribution is 2.27. The van der Waals surface area contributed by atoms with Gasteiger partial charge in [0.2, 0.25) is 5.91 Å². The lowest BCUT2D eigenvalue weighted by atomic mass is 10.0. The standard InChI is InChI=1S/C27H29N5O3/c1-18-6-5-7-22(29-18)14-20-16-28-32(17-20)26(34)30-23-11-10-21-9-8-19(12-13-27(2,3)35)15-24(21)31(4)25(23)33/h5-9,15-17,23,35H,10-11,14H2,1-4H3,(H,30,34)/t23-/m0/s1. The molecule has 0 fully saturated rings. The van der Waals surface area contributed by atoms with E-state index in [-0.39, 0.29) is 5.91 Å². The number of rotatable bonds is 3. The van der Waals surface area contributed by atoms with Gasteiger partial charge in [-0.25, -0.2) is 4.79 Å². The number of nitrogens with zero attached hydrogens (tertiary/aromatic N) is 4. The number of carbonyl (C=O) groups is 2. The monoisotopic (exact) mass is 471 g/mol. The molecule has 0 bridgehead atoms. The second-order valence-electron chi connectivity index (χ2n) is 9.33. The highest BCUT2D eigenvalue weighted by atomic mass is 16.3. The van der Waals surface area contributed by atoms with Crippen LogP contribution in [0, 0.1) is 18.8 Å². The minimum absolute atomic E-state index is 0.207. The Morgan fingerprint density at radius 2 is 2.09 bits per heavy atom. The van der Waals surface area contributed by atoms with Crippen LogP contribution in [0.1, 0.15) is 48.3 Å². The van der Waals surface area contributed by atoms with E-state index in [4.69, 9.17) is 0 Å². The molecular formula is C27H29N5O3. The number of aryl methyl sites for hydroxylation is 2. The number of hydrogen-bond acceptors (Lipinski definition) is 5. The molecule has 0 saturated carbocycles. The first-order valence-electron chi connectivity index (χ1n) is 11.5. The van der Waals surface area contributed by atoms with Gasteiger partial charge in [-0.15, -0.1) is 0 Å². The highest BCUT2D eigenvalue weighted by molar-refractivity contribution is 6.00. The van der Waals surface area contributed by atoms with E-state index >= 15 is 0 Å². The Balaban J connectivity index is 1.45. The first-order valence-corrected chi connectivity index (χ1v) is 11.5. The summed E-state index contributed by atoms with van der Waals surface area (Å²) in [7, 11) is 1.69. The molecule has 8 nitrogen and oxygen atoms in total. The van der Waals surface area contributed by atoms with Crippen molar-refractivity contribution in [2.75, 3.05) is 11.9 Å². The summed E-state index contributed by atoms with van der Waals surface area (Å²) in [6.07, 6.45) is 4.95. The van der Waals surface area contributed by atoms with Crippen LogP contribution in [-0.2, 0) is 17.6 Å². The summed E-state index contributed by atoms with van der Waals surface area (Å²) in [6.45, 7) is 5.17. The van der Waals surface area contributed by atoms with Gasteiger partial charge in [-0.05, 0) is 69.0 Å². The summed E-state index contributed by atoms with van der Waals surface area (Å²) >= 11 is 0. The fraction of sp³-hybridized carbons (Fsp3) is 0.333. The minimum atomic E-state index is -1.10. The molecule has 1 atom stereocenters. The molecule has 2 N–H and O–H groups in total. The molecule has 1 aliphatic heterocycles. The lowest BCUT2D eigenvalue weighted by molar-refractivity contribution is -0.120. The van der Waals surface area contributed by atoms with Crippen LogP contribution in [0.15, 0.2) is 48.8 Å². The van der Waals surface area contributed by atoms with Crippen LogP contribution in [0.3, 0.4) is 0 Å². The minimum Gasteiger partial charge on any atom is -0.378 e. The molecule has 0 spiro atoms. The zero-order valence-corrected chi connectivity index (χ0v) is 20.4. The van der Waals surface area contributed by atoms with E-state index in [9.17, 15) is 14.7 Å². The van der Waals surface area contributed by atoms with Crippen LogP contribution in [0.4, 0.5) is 10.5 Å². The van der Waals surface area contributed by atoms with Gasteiger partial charge in [0.25, 0.3) is 0 Å². The van der Waals surface area contributed by atoms with Crippen LogP contribution in [-0.4, -0.2) is 50.5 Å². The predicted octanol–water partition coefficient (Wildman–Crippen LogP) is 2.84. The predicted molar refractivity (Wildman–Crippen MR) is 133 cm³/mol. The van der Waals surface area contributed by atoms with E-state index in [0.717, 1.165) is 28.2 Å². The largest absolute Gasteiger partial charge is 0.378 e. The van der Waals surface area contributed by atoms with E-state index in [2.05, 4.69) is 27.2 Å². The number of likely N-dealkylation sites (N-methyl/N-ethyl adjacent to an activating group) is 1. The number of aromatic nitrogens is 3. The van der Waals surface area contributed by atoms with Gasteiger partial charge in [0.15, 0.2) is 0 Å². The number of pyridine rings is 1. The second-order valence-corrected chi connectivity index (χ2v) is 9.33. The molecule has 3 aromatic rings. The lowest BCUT2D eigenvalue weighted by Gasteiger charge is -2.22. The van der Waals surface area contributed by atoms with Gasteiger partial charge in [0.1, 0.15) is 11.6 Å². The van der Waals surface area contributed by atoms with Crippen LogP contribution in [0.5, 0.6) is 0 Å². The third kappa shape index (κ3) is 5.94. The van der Waals surface area contributed by atoms with Crippen LogP contribution >= 0.6 is 0 Å². The van der Waals surface area contributed by atoms with E-state index < -0.39 is 17.7 Å². The number of hydrogen-bond donors (Lipinski definition) is 2. The fourth-order valence-electron chi connectivity index (χ4n) is 3.98. The SMILES string of the molecule is Cc1cccc(Cc2cnn(C(=O)N[C@H]3CCc4ccc(C#CC(C)(C)O)cc4N(C)C3=O)c2)n1. The zero-order chi connectivity index (χ0) is 25.2. The van der Waals surface area contributed by atoms with Crippen molar-refractivity contribution < 1.29 is 14.7 Å². The summed E-state index contributed by atoms with van der Waals surface area (Å²) in [5.41, 5.74) is 4.04. The van der Waals surface area contributed by atoms with Crippen molar-refractivity contribution in [2.45, 2.75) is 51.7 Å².